The van der Waals surface area contributed by atoms with Gasteiger partial charge in [-0.05, 0) is 30.5 Å². The highest BCUT2D eigenvalue weighted by molar-refractivity contribution is 5.46. The molecule has 100 valence electrons. The number of nitrogens with zero attached hydrogens (tertiary/aromatic N) is 3. The number of rotatable bonds is 3. The fourth-order valence-corrected chi connectivity index (χ4v) is 2.25. The molecule has 0 atom stereocenters. The summed E-state index contributed by atoms with van der Waals surface area (Å²) in [4.78, 5) is 0. The van der Waals surface area contributed by atoms with E-state index in [2.05, 4.69) is 40.6 Å². The first kappa shape index (κ1) is 12.4. The normalized spacial score (nSPS) is 10.7. The fourth-order valence-electron chi connectivity index (χ4n) is 2.25. The van der Waals surface area contributed by atoms with E-state index < -0.39 is 0 Å². The molecule has 1 aromatic heterocycles. The van der Waals surface area contributed by atoms with E-state index in [1.165, 1.54) is 11.1 Å². The molecular weight excluding hydrogens is 248 g/mol. The standard InChI is InChI=1S/C16H16N4/c1-12-16(17)18-19-20(12)15-10-6-5-9-14(15)11-13-7-3-2-4-8-13/h2-10H,11,17H2,1H3. The van der Waals surface area contributed by atoms with Crippen molar-refractivity contribution < 1.29 is 0 Å². The third-order valence-corrected chi connectivity index (χ3v) is 3.39. The zero-order valence-corrected chi connectivity index (χ0v) is 11.3. The summed E-state index contributed by atoms with van der Waals surface area (Å²) in [6.07, 6.45) is 0.857. The van der Waals surface area contributed by atoms with Crippen LogP contribution >= 0.6 is 0 Å². The molecule has 4 heteroatoms. The van der Waals surface area contributed by atoms with Gasteiger partial charge in [0.1, 0.15) is 0 Å². The molecule has 0 bridgehead atoms. The van der Waals surface area contributed by atoms with Gasteiger partial charge in [-0.15, -0.1) is 5.10 Å². The second-order valence-electron chi connectivity index (χ2n) is 4.76. The smallest absolute Gasteiger partial charge is 0.169 e. The maximum absolute atomic E-state index is 5.79. The summed E-state index contributed by atoms with van der Waals surface area (Å²) in [6.45, 7) is 1.93. The molecule has 4 nitrogen and oxygen atoms in total. The van der Waals surface area contributed by atoms with Crippen molar-refractivity contribution in [3.63, 3.8) is 0 Å². The van der Waals surface area contributed by atoms with Crippen molar-refractivity contribution in [2.45, 2.75) is 13.3 Å². The van der Waals surface area contributed by atoms with Gasteiger partial charge in [0.25, 0.3) is 0 Å². The second kappa shape index (κ2) is 5.17. The van der Waals surface area contributed by atoms with Crippen molar-refractivity contribution in [3.05, 3.63) is 71.4 Å². The van der Waals surface area contributed by atoms with Gasteiger partial charge in [-0.1, -0.05) is 53.7 Å². The van der Waals surface area contributed by atoms with Crippen molar-refractivity contribution in [1.29, 1.82) is 0 Å². The van der Waals surface area contributed by atoms with Crippen molar-refractivity contribution in [2.75, 3.05) is 5.73 Å². The van der Waals surface area contributed by atoms with Gasteiger partial charge in [-0.3, -0.25) is 0 Å². The minimum Gasteiger partial charge on any atom is -0.381 e. The number of hydrogen-bond acceptors (Lipinski definition) is 3. The quantitative estimate of drug-likeness (QED) is 0.791. The van der Waals surface area contributed by atoms with Gasteiger partial charge in [0, 0.05) is 0 Å². The van der Waals surface area contributed by atoms with Crippen molar-refractivity contribution in [3.8, 4) is 5.69 Å². The Morgan fingerprint density at radius 3 is 2.40 bits per heavy atom. The molecule has 3 aromatic rings. The summed E-state index contributed by atoms with van der Waals surface area (Å²) < 4.78 is 1.80. The minimum absolute atomic E-state index is 0.472. The Balaban J connectivity index is 2.03. The molecule has 3 rings (SSSR count). The Hall–Kier alpha value is -2.62. The van der Waals surface area contributed by atoms with Crippen LogP contribution in [0.2, 0.25) is 0 Å². The van der Waals surface area contributed by atoms with E-state index in [1.807, 2.05) is 31.2 Å². The summed E-state index contributed by atoms with van der Waals surface area (Å²) in [5.74, 6) is 0.472. The van der Waals surface area contributed by atoms with E-state index in [0.29, 0.717) is 5.82 Å². The molecule has 0 aliphatic carbocycles. The summed E-state index contributed by atoms with van der Waals surface area (Å²) in [7, 11) is 0. The number of nitrogens with two attached hydrogens (primary N) is 1. The average molecular weight is 264 g/mol. The van der Waals surface area contributed by atoms with Crippen LogP contribution in [0.25, 0.3) is 5.69 Å². The minimum atomic E-state index is 0.472. The first-order valence-electron chi connectivity index (χ1n) is 6.55. The van der Waals surface area contributed by atoms with Crippen molar-refractivity contribution in [2.24, 2.45) is 0 Å². The van der Waals surface area contributed by atoms with E-state index >= 15 is 0 Å². The van der Waals surface area contributed by atoms with E-state index in [-0.39, 0.29) is 0 Å². The molecule has 0 radical (unpaired) electrons. The van der Waals surface area contributed by atoms with Gasteiger partial charge < -0.3 is 5.73 Å². The van der Waals surface area contributed by atoms with E-state index in [0.717, 1.165) is 17.8 Å². The van der Waals surface area contributed by atoms with Crippen LogP contribution < -0.4 is 5.73 Å². The van der Waals surface area contributed by atoms with Crippen LogP contribution in [0.4, 0.5) is 5.82 Å². The summed E-state index contributed by atoms with van der Waals surface area (Å²) in [5.41, 5.74) is 10.1. The van der Waals surface area contributed by atoms with Crippen molar-refractivity contribution >= 4 is 5.82 Å². The summed E-state index contributed by atoms with van der Waals surface area (Å²) in [5, 5.41) is 8.06. The summed E-state index contributed by atoms with van der Waals surface area (Å²) in [6, 6.07) is 18.6. The van der Waals surface area contributed by atoms with Gasteiger partial charge in [-0.2, -0.15) is 0 Å². The predicted molar refractivity (Wildman–Crippen MR) is 79.8 cm³/mol. The first-order valence-corrected chi connectivity index (χ1v) is 6.55. The molecule has 0 amide bonds. The van der Waals surface area contributed by atoms with Gasteiger partial charge in [-0.25, -0.2) is 4.68 Å². The van der Waals surface area contributed by atoms with Gasteiger partial charge in [0.05, 0.1) is 11.4 Å². The highest BCUT2D eigenvalue weighted by Gasteiger charge is 2.11. The van der Waals surface area contributed by atoms with Gasteiger partial charge >= 0.3 is 0 Å². The largest absolute Gasteiger partial charge is 0.381 e. The molecule has 2 aromatic carbocycles. The molecule has 1 heterocycles. The molecule has 0 aliphatic heterocycles. The molecule has 0 spiro atoms. The monoisotopic (exact) mass is 264 g/mol. The lowest BCUT2D eigenvalue weighted by Gasteiger charge is -2.10. The number of nitrogen functional groups attached to an aromatic ring is 1. The number of para-hydroxylation sites is 1. The highest BCUT2D eigenvalue weighted by atomic mass is 15.4. The molecule has 0 saturated heterocycles. The Morgan fingerprint density at radius 2 is 1.70 bits per heavy atom. The van der Waals surface area contributed by atoms with Crippen LogP contribution in [0.3, 0.4) is 0 Å². The molecule has 0 aliphatic rings. The number of aromatic nitrogens is 3. The predicted octanol–water partition coefficient (Wildman–Crippen LogP) is 2.75. The molecular formula is C16H16N4. The second-order valence-corrected chi connectivity index (χ2v) is 4.76. The van der Waals surface area contributed by atoms with Crippen LogP contribution in [-0.2, 0) is 6.42 Å². The average Bonchev–Trinajstić information content (AvgIpc) is 2.81. The Morgan fingerprint density at radius 1 is 1.00 bits per heavy atom. The summed E-state index contributed by atoms with van der Waals surface area (Å²) >= 11 is 0. The Bertz CT molecular complexity index is 716. The lowest BCUT2D eigenvalue weighted by Crippen LogP contribution is -2.04. The first-order chi connectivity index (χ1) is 9.75. The SMILES string of the molecule is Cc1c(N)nnn1-c1ccccc1Cc1ccccc1. The van der Waals surface area contributed by atoms with E-state index in [1.54, 1.807) is 4.68 Å². The van der Waals surface area contributed by atoms with E-state index in [4.69, 9.17) is 5.73 Å². The fraction of sp³-hybridized carbons (Fsp3) is 0.125. The maximum Gasteiger partial charge on any atom is 0.169 e. The number of hydrogen-bond donors (Lipinski definition) is 1. The molecule has 0 unspecified atom stereocenters. The third-order valence-electron chi connectivity index (χ3n) is 3.39. The molecule has 20 heavy (non-hydrogen) atoms. The zero-order chi connectivity index (χ0) is 13.9. The Labute approximate surface area is 117 Å². The third kappa shape index (κ3) is 2.28. The lowest BCUT2D eigenvalue weighted by atomic mass is 10.0. The zero-order valence-electron chi connectivity index (χ0n) is 11.3. The Kier molecular flexibility index (Phi) is 3.21. The highest BCUT2D eigenvalue weighted by Crippen LogP contribution is 2.20. The number of benzene rings is 2. The van der Waals surface area contributed by atoms with Crippen molar-refractivity contribution in [1.82, 2.24) is 15.0 Å². The van der Waals surface area contributed by atoms with Gasteiger partial charge in [0.15, 0.2) is 5.82 Å². The van der Waals surface area contributed by atoms with Gasteiger partial charge in [0.2, 0.25) is 0 Å². The number of anilines is 1. The van der Waals surface area contributed by atoms with Crippen LogP contribution in [0, 0.1) is 6.92 Å². The van der Waals surface area contributed by atoms with E-state index in [9.17, 15) is 0 Å². The van der Waals surface area contributed by atoms with Crippen LogP contribution in [-0.4, -0.2) is 15.0 Å². The molecule has 0 saturated carbocycles. The maximum atomic E-state index is 5.79. The lowest BCUT2D eigenvalue weighted by molar-refractivity contribution is 0.777. The molecule has 0 fully saturated rings. The molecule has 2 N–H and O–H groups in total. The topological polar surface area (TPSA) is 56.7 Å². The van der Waals surface area contributed by atoms with Crippen LogP contribution in [0.15, 0.2) is 54.6 Å². The van der Waals surface area contributed by atoms with Crippen LogP contribution in [0.5, 0.6) is 0 Å². The van der Waals surface area contributed by atoms with Crippen LogP contribution in [0.1, 0.15) is 16.8 Å².